The summed E-state index contributed by atoms with van der Waals surface area (Å²) >= 11 is 11.8. The third-order valence-corrected chi connectivity index (χ3v) is 4.89. The zero-order valence-corrected chi connectivity index (χ0v) is 15.3. The Hall–Kier alpha value is -1.95. The summed E-state index contributed by atoms with van der Waals surface area (Å²) in [5.41, 5.74) is 2.41. The highest BCUT2D eigenvalue weighted by molar-refractivity contribution is 6.42. The molecule has 0 spiro atoms. The van der Waals surface area contributed by atoms with E-state index >= 15 is 0 Å². The first-order chi connectivity index (χ1) is 12.0. The van der Waals surface area contributed by atoms with Crippen molar-refractivity contribution in [2.45, 2.75) is 12.5 Å². The standard InChI is InChI=1S/C18H19Cl2N3O2/c1-25-15-8-9-23(11-15)14-5-2-12(3-6-14)21-18(24)22-13-4-7-16(19)17(20)10-13/h2-7,10,15H,8-9,11H2,1H3,(H2,21,22,24)/t15-/m1/s1. The van der Waals surface area contributed by atoms with Crippen LogP contribution in [0.2, 0.25) is 10.0 Å². The van der Waals surface area contributed by atoms with E-state index in [-0.39, 0.29) is 12.1 Å². The number of amides is 2. The van der Waals surface area contributed by atoms with E-state index in [1.807, 2.05) is 24.3 Å². The van der Waals surface area contributed by atoms with Crippen LogP contribution in [0.25, 0.3) is 0 Å². The van der Waals surface area contributed by atoms with E-state index in [1.165, 1.54) is 0 Å². The number of ether oxygens (including phenoxy) is 1. The number of halogens is 2. The fourth-order valence-electron chi connectivity index (χ4n) is 2.78. The molecule has 2 aromatic rings. The van der Waals surface area contributed by atoms with Crippen LogP contribution < -0.4 is 15.5 Å². The van der Waals surface area contributed by atoms with Crippen LogP contribution in [0.5, 0.6) is 0 Å². The number of carbonyl (C=O) groups excluding carboxylic acids is 1. The summed E-state index contributed by atoms with van der Waals surface area (Å²) in [6.45, 7) is 1.87. The molecule has 1 heterocycles. The zero-order valence-electron chi connectivity index (χ0n) is 13.8. The minimum absolute atomic E-state index is 0.287. The highest BCUT2D eigenvalue weighted by Crippen LogP contribution is 2.26. The van der Waals surface area contributed by atoms with Gasteiger partial charge in [-0.1, -0.05) is 23.2 Å². The lowest BCUT2D eigenvalue weighted by atomic mass is 10.2. The molecule has 0 radical (unpaired) electrons. The Morgan fingerprint density at radius 3 is 2.40 bits per heavy atom. The van der Waals surface area contributed by atoms with Crippen molar-refractivity contribution in [2.75, 3.05) is 35.7 Å². The van der Waals surface area contributed by atoms with Crippen LogP contribution in [0, 0.1) is 0 Å². The monoisotopic (exact) mass is 379 g/mol. The molecule has 0 unspecified atom stereocenters. The highest BCUT2D eigenvalue weighted by Gasteiger charge is 2.22. The van der Waals surface area contributed by atoms with Crippen LogP contribution in [0.4, 0.5) is 21.9 Å². The fourth-order valence-corrected chi connectivity index (χ4v) is 3.08. The van der Waals surface area contributed by atoms with Gasteiger partial charge in [0.25, 0.3) is 0 Å². The van der Waals surface area contributed by atoms with Gasteiger partial charge in [-0.3, -0.25) is 0 Å². The molecule has 1 fully saturated rings. The summed E-state index contributed by atoms with van der Waals surface area (Å²) in [5.74, 6) is 0. The molecule has 25 heavy (non-hydrogen) atoms. The van der Waals surface area contributed by atoms with E-state index in [2.05, 4.69) is 15.5 Å². The molecule has 1 aliphatic rings. The number of anilines is 3. The largest absolute Gasteiger partial charge is 0.380 e. The normalized spacial score (nSPS) is 16.8. The van der Waals surface area contributed by atoms with Crippen molar-refractivity contribution < 1.29 is 9.53 Å². The van der Waals surface area contributed by atoms with E-state index < -0.39 is 0 Å². The molecule has 5 nitrogen and oxygen atoms in total. The fraction of sp³-hybridized carbons (Fsp3) is 0.278. The van der Waals surface area contributed by atoms with Crippen LogP contribution in [0.15, 0.2) is 42.5 Å². The van der Waals surface area contributed by atoms with Gasteiger partial charge < -0.3 is 20.3 Å². The van der Waals surface area contributed by atoms with Crippen molar-refractivity contribution in [3.63, 3.8) is 0 Å². The highest BCUT2D eigenvalue weighted by atomic mass is 35.5. The summed E-state index contributed by atoms with van der Waals surface area (Å²) in [7, 11) is 1.74. The van der Waals surface area contributed by atoms with Gasteiger partial charge in [0, 0.05) is 37.3 Å². The molecule has 0 saturated carbocycles. The molecule has 0 aliphatic carbocycles. The van der Waals surface area contributed by atoms with E-state index in [1.54, 1.807) is 25.3 Å². The van der Waals surface area contributed by atoms with Crippen molar-refractivity contribution in [3.05, 3.63) is 52.5 Å². The van der Waals surface area contributed by atoms with Crippen LogP contribution in [0.3, 0.4) is 0 Å². The zero-order chi connectivity index (χ0) is 17.8. The third-order valence-electron chi connectivity index (χ3n) is 4.15. The van der Waals surface area contributed by atoms with Gasteiger partial charge in [0.1, 0.15) is 0 Å². The van der Waals surface area contributed by atoms with E-state index in [0.717, 1.165) is 25.2 Å². The molecular weight excluding hydrogens is 361 g/mol. The van der Waals surface area contributed by atoms with Gasteiger partial charge >= 0.3 is 6.03 Å². The molecule has 1 atom stereocenters. The quantitative estimate of drug-likeness (QED) is 0.796. The maximum Gasteiger partial charge on any atom is 0.323 e. The second kappa shape index (κ2) is 7.95. The molecule has 0 aromatic heterocycles. The SMILES string of the molecule is CO[C@@H]1CCN(c2ccc(NC(=O)Nc3ccc(Cl)c(Cl)c3)cc2)C1. The second-order valence-corrected chi connectivity index (χ2v) is 6.66. The van der Waals surface area contributed by atoms with Crippen LogP contribution in [0.1, 0.15) is 6.42 Å². The maximum absolute atomic E-state index is 12.1. The first kappa shape index (κ1) is 17.9. The molecule has 1 saturated heterocycles. The van der Waals surface area contributed by atoms with E-state index in [4.69, 9.17) is 27.9 Å². The molecule has 2 amide bonds. The van der Waals surface area contributed by atoms with Gasteiger partial charge in [-0.2, -0.15) is 0 Å². The van der Waals surface area contributed by atoms with Gasteiger partial charge in [-0.05, 0) is 48.9 Å². The van der Waals surface area contributed by atoms with E-state index in [0.29, 0.717) is 21.4 Å². The Morgan fingerprint density at radius 2 is 1.76 bits per heavy atom. The van der Waals surface area contributed by atoms with Crippen molar-refractivity contribution in [3.8, 4) is 0 Å². The maximum atomic E-state index is 12.1. The lowest BCUT2D eigenvalue weighted by Gasteiger charge is -2.18. The minimum Gasteiger partial charge on any atom is -0.380 e. The predicted octanol–water partition coefficient (Wildman–Crippen LogP) is 4.86. The van der Waals surface area contributed by atoms with Crippen molar-refractivity contribution in [1.29, 1.82) is 0 Å². The third kappa shape index (κ3) is 4.57. The van der Waals surface area contributed by atoms with E-state index in [9.17, 15) is 4.79 Å². The lowest BCUT2D eigenvalue weighted by Crippen LogP contribution is -2.22. The summed E-state index contributed by atoms with van der Waals surface area (Å²) in [5, 5.41) is 6.35. The number of carbonyl (C=O) groups is 1. The molecule has 0 bridgehead atoms. The number of nitrogens with one attached hydrogen (secondary N) is 2. The average Bonchev–Trinajstić information content (AvgIpc) is 3.08. The van der Waals surface area contributed by atoms with Gasteiger partial charge in [0.05, 0.1) is 16.1 Å². The Morgan fingerprint density at radius 1 is 1.08 bits per heavy atom. The van der Waals surface area contributed by atoms with Crippen LogP contribution >= 0.6 is 23.2 Å². The Bertz CT molecular complexity index is 752. The number of methoxy groups -OCH3 is 1. The summed E-state index contributed by atoms with van der Waals surface area (Å²) in [6, 6.07) is 12.3. The molecule has 1 aliphatic heterocycles. The summed E-state index contributed by atoms with van der Waals surface area (Å²) in [6.07, 6.45) is 1.32. The number of urea groups is 1. The van der Waals surface area contributed by atoms with Crippen molar-refractivity contribution in [1.82, 2.24) is 0 Å². The van der Waals surface area contributed by atoms with Crippen LogP contribution in [-0.2, 0) is 4.74 Å². The lowest BCUT2D eigenvalue weighted by molar-refractivity contribution is 0.121. The average molecular weight is 380 g/mol. The number of benzene rings is 2. The Labute approximate surface area is 156 Å². The number of nitrogens with zero attached hydrogens (tertiary/aromatic N) is 1. The van der Waals surface area contributed by atoms with Crippen LogP contribution in [-0.4, -0.2) is 32.3 Å². The molecule has 3 rings (SSSR count). The van der Waals surface area contributed by atoms with Crippen molar-refractivity contribution in [2.24, 2.45) is 0 Å². The van der Waals surface area contributed by atoms with Gasteiger partial charge in [0.2, 0.25) is 0 Å². The van der Waals surface area contributed by atoms with Crippen molar-refractivity contribution >= 4 is 46.3 Å². The predicted molar refractivity (Wildman–Crippen MR) is 103 cm³/mol. The number of hydrogen-bond donors (Lipinski definition) is 2. The molecule has 2 aromatic carbocycles. The van der Waals surface area contributed by atoms with Gasteiger partial charge in [-0.25, -0.2) is 4.79 Å². The summed E-state index contributed by atoms with van der Waals surface area (Å²) < 4.78 is 5.39. The Balaban J connectivity index is 1.57. The Kier molecular flexibility index (Phi) is 5.68. The molecule has 2 N–H and O–H groups in total. The second-order valence-electron chi connectivity index (χ2n) is 5.85. The molecular formula is C18H19Cl2N3O2. The smallest absolute Gasteiger partial charge is 0.323 e. The molecule has 7 heteroatoms. The number of hydrogen-bond acceptors (Lipinski definition) is 3. The topological polar surface area (TPSA) is 53.6 Å². The van der Waals surface area contributed by atoms with Gasteiger partial charge in [0.15, 0.2) is 0 Å². The number of rotatable bonds is 4. The molecule has 132 valence electrons. The van der Waals surface area contributed by atoms with Gasteiger partial charge in [-0.15, -0.1) is 0 Å². The summed E-state index contributed by atoms with van der Waals surface area (Å²) in [4.78, 5) is 14.3. The minimum atomic E-state index is -0.341. The first-order valence-electron chi connectivity index (χ1n) is 7.96. The first-order valence-corrected chi connectivity index (χ1v) is 8.71.